The molecule has 82 valence electrons. The average Bonchev–Trinajstić information content (AvgIpc) is 2.75. The molecule has 1 aliphatic rings. The lowest BCUT2D eigenvalue weighted by Gasteiger charge is -2.33. The molecule has 4 heteroatoms. The molecule has 0 spiro atoms. The van der Waals surface area contributed by atoms with E-state index in [0.717, 1.165) is 25.9 Å². The molecule has 15 heavy (non-hydrogen) atoms. The Labute approximate surface area is 94.1 Å². The normalized spacial score (nSPS) is 18.7. The van der Waals surface area contributed by atoms with Gasteiger partial charge >= 0.3 is 6.03 Å². The van der Waals surface area contributed by atoms with Gasteiger partial charge in [0.05, 0.1) is 6.04 Å². The number of amides is 2. The quantitative estimate of drug-likeness (QED) is 0.841. The first-order chi connectivity index (χ1) is 7.33. The summed E-state index contributed by atoms with van der Waals surface area (Å²) in [4.78, 5) is 14.9. The van der Waals surface area contributed by atoms with Crippen LogP contribution >= 0.6 is 11.3 Å². The zero-order chi connectivity index (χ0) is 10.7. The van der Waals surface area contributed by atoms with E-state index >= 15 is 0 Å². The minimum atomic E-state index is 0.0847. The second-order valence-corrected chi connectivity index (χ2v) is 4.70. The fourth-order valence-corrected chi connectivity index (χ4v) is 2.92. The molecule has 1 saturated heterocycles. The van der Waals surface area contributed by atoms with Crippen molar-refractivity contribution < 1.29 is 4.79 Å². The van der Waals surface area contributed by atoms with Crippen molar-refractivity contribution in [2.75, 3.05) is 13.1 Å². The molecule has 1 fully saturated rings. The van der Waals surface area contributed by atoms with Gasteiger partial charge in [0.25, 0.3) is 0 Å². The lowest BCUT2D eigenvalue weighted by Crippen LogP contribution is -2.47. The lowest BCUT2D eigenvalue weighted by molar-refractivity contribution is 0.160. The molecule has 0 saturated carbocycles. The van der Waals surface area contributed by atoms with Gasteiger partial charge < -0.3 is 10.2 Å². The summed E-state index contributed by atoms with van der Waals surface area (Å²) < 4.78 is 0. The molecular formula is C11H16N2OS. The third-order valence-electron chi connectivity index (χ3n) is 2.75. The van der Waals surface area contributed by atoms with Crippen LogP contribution in [0.1, 0.15) is 30.7 Å². The highest BCUT2D eigenvalue weighted by Crippen LogP contribution is 2.28. The number of nitrogens with zero attached hydrogens (tertiary/aromatic N) is 1. The number of hydrogen-bond acceptors (Lipinski definition) is 2. The Morgan fingerprint density at radius 1 is 1.67 bits per heavy atom. The molecule has 1 aliphatic heterocycles. The summed E-state index contributed by atoms with van der Waals surface area (Å²) in [5, 5.41) is 4.97. The van der Waals surface area contributed by atoms with Crippen LogP contribution in [0.2, 0.25) is 0 Å². The van der Waals surface area contributed by atoms with E-state index < -0.39 is 0 Å². The molecule has 1 aromatic heterocycles. The topological polar surface area (TPSA) is 32.3 Å². The Bertz CT molecular complexity index is 323. The molecule has 0 radical (unpaired) electrons. The molecule has 2 heterocycles. The predicted octanol–water partition coefficient (Wildman–Crippen LogP) is 2.61. The number of thiophene rings is 1. The van der Waals surface area contributed by atoms with E-state index in [2.05, 4.69) is 23.7 Å². The number of hydrogen-bond donors (Lipinski definition) is 1. The van der Waals surface area contributed by atoms with Gasteiger partial charge in [0.1, 0.15) is 0 Å². The minimum Gasteiger partial charge on any atom is -0.338 e. The van der Waals surface area contributed by atoms with Gasteiger partial charge in [-0.2, -0.15) is 0 Å². The molecule has 1 atom stereocenters. The van der Waals surface area contributed by atoms with Crippen LogP contribution in [-0.2, 0) is 0 Å². The van der Waals surface area contributed by atoms with Crippen molar-refractivity contribution in [3.63, 3.8) is 0 Å². The molecule has 1 aromatic rings. The van der Waals surface area contributed by atoms with Crippen LogP contribution in [0.3, 0.4) is 0 Å². The summed E-state index contributed by atoms with van der Waals surface area (Å²) in [6.45, 7) is 3.82. The largest absolute Gasteiger partial charge is 0.338 e. The van der Waals surface area contributed by atoms with E-state index in [0.29, 0.717) is 0 Å². The molecule has 3 nitrogen and oxygen atoms in total. The van der Waals surface area contributed by atoms with Crippen molar-refractivity contribution >= 4 is 17.4 Å². The van der Waals surface area contributed by atoms with Crippen molar-refractivity contribution in [1.82, 2.24) is 10.2 Å². The maximum absolute atomic E-state index is 11.7. The summed E-state index contributed by atoms with van der Waals surface area (Å²) in [5.41, 5.74) is 0. The van der Waals surface area contributed by atoms with Crippen molar-refractivity contribution in [2.45, 2.75) is 25.8 Å². The first-order valence-corrected chi connectivity index (χ1v) is 6.28. The summed E-state index contributed by atoms with van der Waals surface area (Å²) >= 11 is 1.73. The van der Waals surface area contributed by atoms with Crippen LogP contribution in [0.4, 0.5) is 4.79 Å². The molecule has 0 aromatic carbocycles. The maximum Gasteiger partial charge on any atom is 0.317 e. The molecule has 0 bridgehead atoms. The van der Waals surface area contributed by atoms with E-state index in [1.807, 2.05) is 11.0 Å². The predicted molar refractivity (Wildman–Crippen MR) is 62.1 cm³/mol. The highest BCUT2D eigenvalue weighted by Gasteiger charge is 2.26. The highest BCUT2D eigenvalue weighted by atomic mass is 32.1. The fourth-order valence-electron chi connectivity index (χ4n) is 2.00. The van der Waals surface area contributed by atoms with Crippen molar-refractivity contribution in [2.24, 2.45) is 0 Å². The molecule has 1 N–H and O–H groups in total. The molecule has 2 rings (SSSR count). The SMILES string of the molecule is CCC(c1cccs1)N1CCCNC1=O. The van der Waals surface area contributed by atoms with E-state index in [-0.39, 0.29) is 12.1 Å². The van der Waals surface area contributed by atoms with Gasteiger partial charge in [-0.25, -0.2) is 4.79 Å². The number of carbonyl (C=O) groups excluding carboxylic acids is 1. The van der Waals surface area contributed by atoms with E-state index in [9.17, 15) is 4.79 Å². The number of nitrogens with one attached hydrogen (secondary N) is 1. The van der Waals surface area contributed by atoms with E-state index in [1.54, 1.807) is 11.3 Å². The van der Waals surface area contributed by atoms with Crippen LogP contribution in [0, 0.1) is 0 Å². The third kappa shape index (κ3) is 2.15. The molecule has 0 aliphatic carbocycles. The fraction of sp³-hybridized carbons (Fsp3) is 0.545. The number of rotatable bonds is 3. The minimum absolute atomic E-state index is 0.0847. The zero-order valence-corrected chi connectivity index (χ0v) is 9.72. The Kier molecular flexibility index (Phi) is 3.26. The van der Waals surface area contributed by atoms with E-state index in [1.165, 1.54) is 4.88 Å². The monoisotopic (exact) mass is 224 g/mol. The first kappa shape index (κ1) is 10.5. The summed E-state index contributed by atoms with van der Waals surface area (Å²) in [6.07, 6.45) is 2.03. The zero-order valence-electron chi connectivity index (χ0n) is 8.90. The number of urea groups is 1. The van der Waals surface area contributed by atoms with Gasteiger partial charge in [-0.1, -0.05) is 13.0 Å². The summed E-state index contributed by atoms with van der Waals surface area (Å²) in [5.74, 6) is 0. The van der Waals surface area contributed by atoms with Crippen molar-refractivity contribution in [3.8, 4) is 0 Å². The van der Waals surface area contributed by atoms with Crippen LogP contribution in [-0.4, -0.2) is 24.0 Å². The van der Waals surface area contributed by atoms with Crippen LogP contribution in [0.5, 0.6) is 0 Å². The van der Waals surface area contributed by atoms with Gasteiger partial charge in [-0.05, 0) is 24.3 Å². The summed E-state index contributed by atoms with van der Waals surface area (Å²) in [7, 11) is 0. The smallest absolute Gasteiger partial charge is 0.317 e. The molecule has 1 unspecified atom stereocenters. The molecular weight excluding hydrogens is 208 g/mol. The Hall–Kier alpha value is -1.03. The lowest BCUT2D eigenvalue weighted by atomic mass is 10.1. The average molecular weight is 224 g/mol. The van der Waals surface area contributed by atoms with Gasteiger partial charge in [-0.15, -0.1) is 11.3 Å². The third-order valence-corrected chi connectivity index (χ3v) is 3.72. The van der Waals surface area contributed by atoms with Gasteiger partial charge in [-0.3, -0.25) is 0 Å². The van der Waals surface area contributed by atoms with Crippen molar-refractivity contribution in [1.29, 1.82) is 0 Å². The van der Waals surface area contributed by atoms with Crippen LogP contribution < -0.4 is 5.32 Å². The second kappa shape index (κ2) is 4.66. The standard InChI is InChI=1S/C11H16N2OS/c1-2-9(10-5-3-8-15-10)13-7-4-6-12-11(13)14/h3,5,8-9H,2,4,6-7H2,1H3,(H,12,14). The maximum atomic E-state index is 11.7. The first-order valence-electron chi connectivity index (χ1n) is 5.40. The summed E-state index contributed by atoms with van der Waals surface area (Å²) in [6, 6.07) is 4.50. The van der Waals surface area contributed by atoms with Crippen LogP contribution in [0.15, 0.2) is 17.5 Å². The van der Waals surface area contributed by atoms with Gasteiger partial charge in [0, 0.05) is 18.0 Å². The Morgan fingerprint density at radius 3 is 3.13 bits per heavy atom. The van der Waals surface area contributed by atoms with Gasteiger partial charge in [0.2, 0.25) is 0 Å². The highest BCUT2D eigenvalue weighted by molar-refractivity contribution is 7.10. The van der Waals surface area contributed by atoms with Crippen molar-refractivity contribution in [3.05, 3.63) is 22.4 Å². The van der Waals surface area contributed by atoms with Crippen LogP contribution in [0.25, 0.3) is 0 Å². The Morgan fingerprint density at radius 2 is 2.53 bits per heavy atom. The van der Waals surface area contributed by atoms with Gasteiger partial charge in [0.15, 0.2) is 0 Å². The van der Waals surface area contributed by atoms with E-state index in [4.69, 9.17) is 0 Å². The number of carbonyl (C=O) groups is 1. The molecule has 2 amide bonds. The second-order valence-electron chi connectivity index (χ2n) is 3.72. The Balaban J connectivity index is 2.15.